The number of nitrogens with zero attached hydrogens (tertiary/aromatic N) is 1. The fourth-order valence-electron chi connectivity index (χ4n) is 5.65. The summed E-state index contributed by atoms with van der Waals surface area (Å²) in [6.45, 7) is 0. The third kappa shape index (κ3) is 5.15. The summed E-state index contributed by atoms with van der Waals surface area (Å²) < 4.78 is 10.9. The first-order valence-electron chi connectivity index (χ1n) is 13.8. The molecule has 4 aromatic rings. The minimum absolute atomic E-state index is 0.0929. The molecular weight excluding hydrogens is 498 g/mol. The number of furan rings is 1. The van der Waals surface area contributed by atoms with Crippen molar-refractivity contribution in [3.63, 3.8) is 0 Å². The Kier molecular flexibility index (Phi) is 7.19. The van der Waals surface area contributed by atoms with E-state index in [4.69, 9.17) is 9.15 Å². The van der Waals surface area contributed by atoms with Crippen LogP contribution in [-0.4, -0.2) is 19.0 Å². The van der Waals surface area contributed by atoms with Crippen LogP contribution in [0, 0.1) is 0 Å². The van der Waals surface area contributed by atoms with Crippen molar-refractivity contribution in [2.45, 2.75) is 38.0 Å². The van der Waals surface area contributed by atoms with E-state index in [0.717, 1.165) is 22.5 Å². The summed E-state index contributed by atoms with van der Waals surface area (Å²) in [6, 6.07) is 29.3. The van der Waals surface area contributed by atoms with E-state index in [1.807, 2.05) is 60.7 Å². The lowest BCUT2D eigenvalue weighted by molar-refractivity contribution is -0.113. The number of benzene rings is 3. The molecule has 0 spiro atoms. The number of esters is 1. The first-order valence-corrected chi connectivity index (χ1v) is 13.8. The number of hydrogen-bond donors (Lipinski definition) is 0. The fraction of sp³-hybridized carbons (Fsp3) is 0.200. The summed E-state index contributed by atoms with van der Waals surface area (Å²) in [5.41, 5.74) is 5.89. The lowest BCUT2D eigenvalue weighted by atomic mass is 9.84. The number of carbonyl (C=O) groups is 2. The molecule has 0 atom stereocenters. The Morgan fingerprint density at radius 2 is 1.57 bits per heavy atom. The van der Waals surface area contributed by atoms with E-state index in [1.165, 1.54) is 44.8 Å². The molecule has 6 rings (SSSR count). The molecule has 200 valence electrons. The molecule has 0 saturated heterocycles. The molecule has 1 aliphatic carbocycles. The summed E-state index contributed by atoms with van der Waals surface area (Å²) in [5.74, 6) is 1.36. The molecule has 0 bridgehead atoms. The van der Waals surface area contributed by atoms with E-state index < -0.39 is 0 Å². The molecule has 0 N–H and O–H groups in total. The Morgan fingerprint density at radius 1 is 0.850 bits per heavy atom. The zero-order chi connectivity index (χ0) is 27.5. The Balaban J connectivity index is 1.29. The normalized spacial score (nSPS) is 16.8. The summed E-state index contributed by atoms with van der Waals surface area (Å²) in [4.78, 5) is 27.3. The van der Waals surface area contributed by atoms with Crippen LogP contribution in [0.2, 0.25) is 0 Å². The van der Waals surface area contributed by atoms with Gasteiger partial charge in [-0.25, -0.2) is 4.79 Å². The third-order valence-electron chi connectivity index (χ3n) is 7.80. The van der Waals surface area contributed by atoms with E-state index in [2.05, 4.69) is 24.3 Å². The monoisotopic (exact) mass is 529 g/mol. The number of hydrogen-bond acceptors (Lipinski definition) is 4. The molecule has 1 saturated carbocycles. The smallest absolute Gasteiger partial charge is 0.337 e. The van der Waals surface area contributed by atoms with Gasteiger partial charge in [0.25, 0.3) is 5.91 Å². The van der Waals surface area contributed by atoms with Crippen LogP contribution in [-0.2, 0) is 9.53 Å². The lowest BCUT2D eigenvalue weighted by Gasteiger charge is -2.24. The average molecular weight is 530 g/mol. The molecule has 1 aliphatic heterocycles. The zero-order valence-corrected chi connectivity index (χ0v) is 22.5. The van der Waals surface area contributed by atoms with Crippen LogP contribution in [0.3, 0.4) is 0 Å². The predicted octanol–water partition coefficient (Wildman–Crippen LogP) is 8.25. The highest BCUT2D eigenvalue weighted by molar-refractivity contribution is 6.23. The van der Waals surface area contributed by atoms with Crippen molar-refractivity contribution in [2.75, 3.05) is 12.0 Å². The SMILES string of the molecule is COC(=O)c1ccc(-c2ccc(/C=C3\C=C(c4ccccc4)N(c4ccc(C5CCCCC5)cc4)C3=O)o2)cc1. The number of carbonyl (C=O) groups excluding carboxylic acids is 2. The van der Waals surface area contributed by atoms with Gasteiger partial charge < -0.3 is 9.15 Å². The first kappa shape index (κ1) is 25.6. The molecule has 40 heavy (non-hydrogen) atoms. The Morgan fingerprint density at radius 3 is 2.27 bits per heavy atom. The Hall–Kier alpha value is -4.64. The van der Waals surface area contributed by atoms with Crippen molar-refractivity contribution < 1.29 is 18.7 Å². The molecule has 3 aromatic carbocycles. The van der Waals surface area contributed by atoms with Crippen molar-refractivity contribution >= 4 is 29.3 Å². The highest BCUT2D eigenvalue weighted by Crippen LogP contribution is 2.38. The Labute approximate surface area is 234 Å². The predicted molar refractivity (Wildman–Crippen MR) is 158 cm³/mol. The number of anilines is 1. The quantitative estimate of drug-likeness (QED) is 0.186. The fourth-order valence-corrected chi connectivity index (χ4v) is 5.65. The van der Waals surface area contributed by atoms with Crippen molar-refractivity contribution in [2.24, 2.45) is 0 Å². The summed E-state index contributed by atoms with van der Waals surface area (Å²) in [7, 11) is 1.36. The maximum Gasteiger partial charge on any atom is 0.337 e. The Bertz CT molecular complexity index is 1570. The molecule has 1 aromatic heterocycles. The topological polar surface area (TPSA) is 59.8 Å². The van der Waals surface area contributed by atoms with Crippen molar-refractivity contribution in [1.29, 1.82) is 0 Å². The van der Waals surface area contributed by atoms with Gasteiger partial charge in [0, 0.05) is 16.8 Å². The van der Waals surface area contributed by atoms with Crippen molar-refractivity contribution in [3.05, 3.63) is 125 Å². The summed E-state index contributed by atoms with van der Waals surface area (Å²) in [6.07, 6.45) is 10.1. The van der Waals surface area contributed by atoms with E-state index in [-0.39, 0.29) is 11.9 Å². The van der Waals surface area contributed by atoms with Gasteiger partial charge in [-0.1, -0.05) is 73.9 Å². The molecule has 5 nitrogen and oxygen atoms in total. The lowest BCUT2D eigenvalue weighted by Crippen LogP contribution is -2.25. The molecule has 0 radical (unpaired) electrons. The van der Waals surface area contributed by atoms with Crippen LogP contribution in [0.1, 0.15) is 65.3 Å². The second-order valence-electron chi connectivity index (χ2n) is 10.3. The van der Waals surface area contributed by atoms with E-state index in [9.17, 15) is 9.59 Å². The van der Waals surface area contributed by atoms with Gasteiger partial charge >= 0.3 is 5.97 Å². The second-order valence-corrected chi connectivity index (χ2v) is 10.3. The van der Waals surface area contributed by atoms with Gasteiger partial charge in [0.15, 0.2) is 0 Å². The largest absolute Gasteiger partial charge is 0.465 e. The van der Waals surface area contributed by atoms with Crippen molar-refractivity contribution in [3.8, 4) is 11.3 Å². The van der Waals surface area contributed by atoms with E-state index >= 15 is 0 Å². The van der Waals surface area contributed by atoms with Crippen LogP contribution in [0.25, 0.3) is 23.1 Å². The van der Waals surface area contributed by atoms with Crippen LogP contribution < -0.4 is 4.90 Å². The molecule has 0 unspecified atom stereocenters. The van der Waals surface area contributed by atoms with Gasteiger partial charge in [-0.3, -0.25) is 9.69 Å². The molecule has 5 heteroatoms. The molecule has 1 fully saturated rings. The van der Waals surface area contributed by atoms with Gasteiger partial charge in [0.2, 0.25) is 0 Å². The standard InChI is InChI=1S/C35H31NO4/c1-39-35(38)28-14-12-27(13-15-28)33-21-20-31(40-33)22-29-23-32(26-10-6-3-7-11-26)36(34(29)37)30-18-16-25(17-19-30)24-8-4-2-5-9-24/h3,6-7,10-24H,2,4-5,8-9H2,1H3/b29-22+. The minimum Gasteiger partial charge on any atom is -0.465 e. The summed E-state index contributed by atoms with van der Waals surface area (Å²) in [5, 5.41) is 0. The number of methoxy groups -OCH3 is 1. The zero-order valence-electron chi connectivity index (χ0n) is 22.5. The number of amides is 1. The molecule has 2 aliphatic rings. The number of rotatable bonds is 6. The maximum atomic E-state index is 13.8. The molecule has 1 amide bonds. The van der Waals surface area contributed by atoms with Crippen LogP contribution in [0.4, 0.5) is 5.69 Å². The van der Waals surface area contributed by atoms with Crippen LogP contribution in [0.5, 0.6) is 0 Å². The van der Waals surface area contributed by atoms with Gasteiger partial charge in [-0.15, -0.1) is 0 Å². The van der Waals surface area contributed by atoms with Gasteiger partial charge in [0.1, 0.15) is 11.5 Å². The van der Waals surface area contributed by atoms with E-state index in [1.54, 1.807) is 23.1 Å². The summed E-state index contributed by atoms with van der Waals surface area (Å²) >= 11 is 0. The van der Waals surface area contributed by atoms with Gasteiger partial charge in [0.05, 0.1) is 18.4 Å². The van der Waals surface area contributed by atoms with E-state index in [0.29, 0.717) is 28.6 Å². The van der Waals surface area contributed by atoms with Gasteiger partial charge in [-0.05, 0) is 78.4 Å². The highest BCUT2D eigenvalue weighted by Gasteiger charge is 2.31. The first-order chi connectivity index (χ1) is 19.6. The highest BCUT2D eigenvalue weighted by atomic mass is 16.5. The average Bonchev–Trinajstić information content (AvgIpc) is 3.62. The second kappa shape index (κ2) is 11.2. The number of ether oxygens (including phenoxy) is 1. The molecular formula is C35H31NO4. The minimum atomic E-state index is -0.384. The molecule has 2 heterocycles. The maximum absolute atomic E-state index is 13.8. The van der Waals surface area contributed by atoms with Crippen molar-refractivity contribution in [1.82, 2.24) is 0 Å². The van der Waals surface area contributed by atoms with Crippen LogP contribution >= 0.6 is 0 Å². The third-order valence-corrected chi connectivity index (χ3v) is 7.80. The van der Waals surface area contributed by atoms with Gasteiger partial charge in [-0.2, -0.15) is 0 Å². The van der Waals surface area contributed by atoms with Crippen LogP contribution in [0.15, 0.2) is 107 Å².